The largest absolute Gasteiger partial charge is 0.397 e. The second-order valence-corrected chi connectivity index (χ2v) is 1.53. The topological polar surface area (TPSA) is 91.7 Å². The number of H-pyrrole nitrogens is 1. The average molecular weight is 130 g/mol. The highest BCUT2D eigenvalue weighted by atomic mass is 16.3. The summed E-state index contributed by atoms with van der Waals surface area (Å²) >= 11 is 0. The third kappa shape index (κ3) is 1.14. The van der Waals surface area contributed by atoms with Gasteiger partial charge in [-0.15, -0.1) is 5.21 Å². The molecule has 0 amide bonds. The Labute approximate surface area is 51.3 Å². The van der Waals surface area contributed by atoms with Gasteiger partial charge in [0.1, 0.15) is 11.8 Å². The first-order valence-electron chi connectivity index (χ1n) is 2.52. The molecular weight excluding hydrogens is 122 g/mol. The smallest absolute Gasteiger partial charge is 0.393 e. The molecule has 0 radical (unpaired) electrons. The number of nitrogens with one attached hydrogen (secondary N) is 1. The van der Waals surface area contributed by atoms with Gasteiger partial charge >= 0.3 is 5.95 Å². The average Bonchev–Trinajstić information content (AvgIpc) is 2.18. The van der Waals surface area contributed by atoms with E-state index < -0.39 is 0 Å². The minimum atomic E-state index is 0.0265. The molecule has 0 unspecified atom stereocenters. The molecule has 0 saturated carbocycles. The van der Waals surface area contributed by atoms with Crippen molar-refractivity contribution in [2.24, 2.45) is 0 Å². The standard InChI is InChI=1S/C3H7N5O/c4-3-5-6-7-8(3)1-2-9/h9H,1-2H2,(H2,4,5,7)/p+1. The first-order chi connectivity index (χ1) is 4.34. The van der Waals surface area contributed by atoms with E-state index in [1.54, 1.807) is 0 Å². The molecule has 0 spiro atoms. The zero-order valence-corrected chi connectivity index (χ0v) is 4.78. The predicted molar refractivity (Wildman–Crippen MR) is 28.1 cm³/mol. The maximum atomic E-state index is 8.41. The van der Waals surface area contributed by atoms with Gasteiger partial charge in [0.2, 0.25) is 0 Å². The number of rotatable bonds is 2. The monoisotopic (exact) mass is 130 g/mol. The van der Waals surface area contributed by atoms with Crippen LogP contribution in [0.15, 0.2) is 0 Å². The van der Waals surface area contributed by atoms with Crippen LogP contribution in [0, 0.1) is 0 Å². The van der Waals surface area contributed by atoms with Gasteiger partial charge in [-0.3, -0.25) is 0 Å². The molecular formula is C3H8N5O+. The Bertz CT molecular complexity index is 184. The van der Waals surface area contributed by atoms with Crippen molar-refractivity contribution in [1.29, 1.82) is 0 Å². The van der Waals surface area contributed by atoms with Crippen molar-refractivity contribution in [2.45, 2.75) is 6.54 Å². The van der Waals surface area contributed by atoms with Crippen molar-refractivity contribution in [3.63, 3.8) is 0 Å². The Hall–Kier alpha value is -1.17. The van der Waals surface area contributed by atoms with E-state index in [1.807, 2.05) is 0 Å². The van der Waals surface area contributed by atoms with Gasteiger partial charge in [0.05, 0.1) is 11.7 Å². The fourth-order valence-electron chi connectivity index (χ4n) is 0.497. The van der Waals surface area contributed by atoms with E-state index in [4.69, 9.17) is 10.8 Å². The highest BCUT2D eigenvalue weighted by Gasteiger charge is 2.05. The molecule has 1 heterocycles. The number of tetrazole rings is 1. The predicted octanol–water partition coefficient (Wildman–Crippen LogP) is -2.33. The summed E-state index contributed by atoms with van der Waals surface area (Å²) in [5, 5.41) is 17.7. The van der Waals surface area contributed by atoms with Crippen LogP contribution in [0.1, 0.15) is 0 Å². The highest BCUT2D eigenvalue weighted by molar-refractivity contribution is 4.97. The van der Waals surface area contributed by atoms with Crippen molar-refractivity contribution >= 4 is 5.95 Å². The van der Waals surface area contributed by atoms with Crippen LogP contribution in [0.2, 0.25) is 0 Å². The molecule has 1 rings (SSSR count). The van der Waals surface area contributed by atoms with Crippen molar-refractivity contribution in [3.8, 4) is 0 Å². The molecule has 6 heteroatoms. The Morgan fingerprint density at radius 1 is 1.78 bits per heavy atom. The van der Waals surface area contributed by atoms with E-state index in [-0.39, 0.29) is 12.6 Å². The van der Waals surface area contributed by atoms with Gasteiger partial charge < -0.3 is 10.8 Å². The molecule has 0 saturated heterocycles. The zero-order chi connectivity index (χ0) is 6.69. The first kappa shape index (κ1) is 5.96. The van der Waals surface area contributed by atoms with E-state index in [9.17, 15) is 0 Å². The molecule has 0 atom stereocenters. The molecule has 50 valence electrons. The van der Waals surface area contributed by atoms with Gasteiger partial charge in [-0.25, -0.2) is 0 Å². The summed E-state index contributed by atoms with van der Waals surface area (Å²) in [6.45, 7) is 0.428. The Kier molecular flexibility index (Phi) is 1.59. The summed E-state index contributed by atoms with van der Waals surface area (Å²) < 4.78 is 1.44. The molecule has 0 bridgehead atoms. The number of aliphatic hydroxyl groups excluding tert-OH is 1. The molecule has 4 N–H and O–H groups in total. The van der Waals surface area contributed by atoms with E-state index in [0.717, 1.165) is 0 Å². The van der Waals surface area contributed by atoms with Gasteiger partial charge in [-0.1, -0.05) is 0 Å². The van der Waals surface area contributed by atoms with Crippen LogP contribution in [0.25, 0.3) is 0 Å². The summed E-state index contributed by atoms with van der Waals surface area (Å²) in [5.41, 5.74) is 5.27. The molecule has 0 fully saturated rings. The number of nitrogen functional groups attached to an aromatic ring is 1. The maximum absolute atomic E-state index is 8.41. The SMILES string of the molecule is Nc1nn[nH][n+]1CCO. The number of nitrogens with zero attached hydrogens (tertiary/aromatic N) is 3. The van der Waals surface area contributed by atoms with Crippen LogP contribution in [0.5, 0.6) is 0 Å². The minimum Gasteiger partial charge on any atom is -0.393 e. The summed E-state index contributed by atoms with van der Waals surface area (Å²) in [5.74, 6) is 0.282. The quantitative estimate of drug-likeness (QED) is 0.391. The molecule has 0 aliphatic heterocycles. The zero-order valence-electron chi connectivity index (χ0n) is 4.78. The number of aromatic nitrogens is 4. The van der Waals surface area contributed by atoms with Crippen LogP contribution in [0.3, 0.4) is 0 Å². The highest BCUT2D eigenvalue weighted by Crippen LogP contribution is 1.74. The fraction of sp³-hybridized carbons (Fsp3) is 0.667. The first-order valence-corrected chi connectivity index (χ1v) is 2.52. The third-order valence-corrected chi connectivity index (χ3v) is 0.918. The lowest BCUT2D eigenvalue weighted by molar-refractivity contribution is -0.742. The van der Waals surface area contributed by atoms with Crippen LogP contribution in [0.4, 0.5) is 5.95 Å². The van der Waals surface area contributed by atoms with E-state index in [2.05, 4.69) is 15.5 Å². The lowest BCUT2D eigenvalue weighted by Crippen LogP contribution is -2.40. The number of anilines is 1. The molecule has 6 nitrogen and oxygen atoms in total. The van der Waals surface area contributed by atoms with Gasteiger partial charge in [0.15, 0.2) is 0 Å². The van der Waals surface area contributed by atoms with Gasteiger partial charge in [-0.2, -0.15) is 4.68 Å². The number of nitrogens with two attached hydrogens (primary N) is 1. The van der Waals surface area contributed by atoms with E-state index >= 15 is 0 Å². The third-order valence-electron chi connectivity index (χ3n) is 0.918. The van der Waals surface area contributed by atoms with Gasteiger partial charge in [-0.05, 0) is 0 Å². The molecule has 1 aromatic heterocycles. The Morgan fingerprint density at radius 3 is 3.00 bits per heavy atom. The molecule has 0 aromatic carbocycles. The Morgan fingerprint density at radius 2 is 2.56 bits per heavy atom. The molecule has 0 aliphatic rings. The lowest BCUT2D eigenvalue weighted by atomic mass is 10.7. The van der Waals surface area contributed by atoms with E-state index in [0.29, 0.717) is 6.54 Å². The number of aliphatic hydroxyl groups is 1. The molecule has 9 heavy (non-hydrogen) atoms. The lowest BCUT2D eigenvalue weighted by Gasteiger charge is -1.88. The summed E-state index contributed by atoms with van der Waals surface area (Å²) in [6.07, 6.45) is 0. The number of hydrogen-bond donors (Lipinski definition) is 3. The molecule has 0 aliphatic carbocycles. The van der Waals surface area contributed by atoms with Crippen LogP contribution in [-0.2, 0) is 6.54 Å². The van der Waals surface area contributed by atoms with Gasteiger partial charge in [0, 0.05) is 0 Å². The van der Waals surface area contributed by atoms with Crippen LogP contribution in [-0.4, -0.2) is 27.2 Å². The molecule has 1 aromatic rings. The summed E-state index contributed by atoms with van der Waals surface area (Å²) in [4.78, 5) is 0. The fourth-order valence-corrected chi connectivity index (χ4v) is 0.497. The van der Waals surface area contributed by atoms with Crippen molar-refractivity contribution in [2.75, 3.05) is 12.3 Å². The second-order valence-electron chi connectivity index (χ2n) is 1.53. The second kappa shape index (κ2) is 2.40. The van der Waals surface area contributed by atoms with E-state index in [1.165, 1.54) is 4.68 Å². The Balaban J connectivity index is 2.69. The van der Waals surface area contributed by atoms with Crippen molar-refractivity contribution in [1.82, 2.24) is 15.5 Å². The maximum Gasteiger partial charge on any atom is 0.397 e. The minimum absolute atomic E-state index is 0.0265. The van der Waals surface area contributed by atoms with Crippen molar-refractivity contribution < 1.29 is 9.79 Å². The van der Waals surface area contributed by atoms with Crippen molar-refractivity contribution in [3.05, 3.63) is 0 Å². The van der Waals surface area contributed by atoms with Crippen LogP contribution < -0.4 is 10.4 Å². The summed E-state index contributed by atoms with van der Waals surface area (Å²) in [6, 6.07) is 0. The van der Waals surface area contributed by atoms with Gasteiger partial charge in [0.25, 0.3) is 0 Å². The number of hydrogen-bond acceptors (Lipinski definition) is 4. The number of aromatic amines is 1. The summed E-state index contributed by atoms with van der Waals surface area (Å²) in [7, 11) is 0. The normalized spacial score (nSPS) is 9.89. The van der Waals surface area contributed by atoms with Crippen LogP contribution >= 0.6 is 0 Å².